The number of rotatable bonds is 3. The fourth-order valence-electron chi connectivity index (χ4n) is 3.94. The summed E-state index contributed by atoms with van der Waals surface area (Å²) in [5.41, 5.74) is 1.77. The minimum Gasteiger partial charge on any atom is -0.378 e. The number of carbonyl (C=O) groups is 1. The fourth-order valence-corrected chi connectivity index (χ4v) is 3.94. The minimum absolute atomic E-state index is 0.0552. The predicted molar refractivity (Wildman–Crippen MR) is 91.0 cm³/mol. The number of amides is 1. The van der Waals surface area contributed by atoms with E-state index in [1.807, 2.05) is 33.7 Å². The molecule has 1 N–H and O–H groups in total. The Hall–Kier alpha value is -2.08. The average molecular weight is 329 g/mol. The van der Waals surface area contributed by atoms with Crippen molar-refractivity contribution >= 4 is 16.9 Å². The van der Waals surface area contributed by atoms with Crippen molar-refractivity contribution in [1.29, 1.82) is 0 Å². The molecule has 24 heavy (non-hydrogen) atoms. The third-order valence-electron chi connectivity index (χ3n) is 5.23. The summed E-state index contributed by atoms with van der Waals surface area (Å²) in [5, 5.41) is 0. The zero-order valence-electron chi connectivity index (χ0n) is 13.7. The molecule has 0 saturated carbocycles. The first-order valence-electron chi connectivity index (χ1n) is 8.81. The van der Waals surface area contributed by atoms with Gasteiger partial charge in [-0.2, -0.15) is 0 Å². The van der Waals surface area contributed by atoms with Gasteiger partial charge in [-0.3, -0.25) is 9.36 Å². The van der Waals surface area contributed by atoms with Crippen LogP contribution in [-0.4, -0.2) is 46.2 Å². The molecule has 0 radical (unpaired) electrons. The Labute approximate surface area is 140 Å². The lowest BCUT2D eigenvalue weighted by molar-refractivity contribution is -0.134. The molecule has 3 heterocycles. The molecule has 6 nitrogen and oxygen atoms in total. The van der Waals surface area contributed by atoms with Gasteiger partial charge in [-0.05, 0) is 37.8 Å². The van der Waals surface area contributed by atoms with Gasteiger partial charge in [0, 0.05) is 25.7 Å². The molecule has 1 aromatic carbocycles. The van der Waals surface area contributed by atoms with Gasteiger partial charge < -0.3 is 14.6 Å². The van der Waals surface area contributed by atoms with Crippen LogP contribution in [0.25, 0.3) is 11.0 Å². The number of nitrogens with one attached hydrogen (secondary N) is 1. The number of fused-ring (bicyclic) bond motifs is 1. The van der Waals surface area contributed by atoms with Crippen molar-refractivity contribution in [3.05, 3.63) is 34.7 Å². The second-order valence-corrected chi connectivity index (χ2v) is 6.77. The van der Waals surface area contributed by atoms with E-state index in [0.717, 1.165) is 43.3 Å². The van der Waals surface area contributed by atoms with E-state index in [-0.39, 0.29) is 23.7 Å². The van der Waals surface area contributed by atoms with Crippen LogP contribution in [0, 0.1) is 0 Å². The number of imidazole rings is 1. The molecule has 128 valence electrons. The Bertz CT molecular complexity index is 780. The number of ether oxygens (including phenoxy) is 1. The Morgan fingerprint density at radius 3 is 2.75 bits per heavy atom. The quantitative estimate of drug-likeness (QED) is 0.937. The minimum atomic E-state index is -0.0552. The van der Waals surface area contributed by atoms with E-state index in [9.17, 15) is 9.59 Å². The molecule has 0 spiro atoms. The summed E-state index contributed by atoms with van der Waals surface area (Å²) in [6.45, 7) is 2.20. The van der Waals surface area contributed by atoms with Crippen molar-refractivity contribution in [2.45, 2.75) is 44.2 Å². The van der Waals surface area contributed by atoms with Gasteiger partial charge in [0.25, 0.3) is 0 Å². The number of likely N-dealkylation sites (tertiary alicyclic amines) is 1. The lowest BCUT2D eigenvalue weighted by atomic mass is 10.0. The summed E-state index contributed by atoms with van der Waals surface area (Å²) in [5.74, 6) is 0.187. The van der Waals surface area contributed by atoms with Crippen molar-refractivity contribution < 1.29 is 9.53 Å². The van der Waals surface area contributed by atoms with E-state index in [0.29, 0.717) is 19.5 Å². The molecule has 0 unspecified atom stereocenters. The van der Waals surface area contributed by atoms with Crippen molar-refractivity contribution in [3.63, 3.8) is 0 Å². The Kier molecular flexibility index (Phi) is 4.14. The van der Waals surface area contributed by atoms with Crippen LogP contribution in [0.15, 0.2) is 29.1 Å². The highest BCUT2D eigenvalue weighted by Crippen LogP contribution is 2.26. The van der Waals surface area contributed by atoms with E-state index in [2.05, 4.69) is 4.98 Å². The molecule has 2 aromatic rings. The maximum absolute atomic E-state index is 12.4. The first kappa shape index (κ1) is 15.4. The second kappa shape index (κ2) is 6.43. The number of H-pyrrole nitrogens is 1. The Morgan fingerprint density at radius 1 is 1.21 bits per heavy atom. The lowest BCUT2D eigenvalue weighted by Crippen LogP contribution is -2.41. The normalized spacial score (nSPS) is 22.3. The number of hydrogen-bond acceptors (Lipinski definition) is 3. The van der Waals surface area contributed by atoms with Gasteiger partial charge in [0.2, 0.25) is 5.91 Å². The molecule has 1 amide bonds. The topological polar surface area (TPSA) is 67.3 Å². The van der Waals surface area contributed by atoms with Crippen LogP contribution < -0.4 is 5.69 Å². The van der Waals surface area contributed by atoms with Crippen molar-refractivity contribution in [1.82, 2.24) is 14.5 Å². The molecule has 1 atom stereocenters. The van der Waals surface area contributed by atoms with Crippen LogP contribution in [0.4, 0.5) is 0 Å². The molecule has 0 bridgehead atoms. The van der Waals surface area contributed by atoms with Crippen molar-refractivity contribution in [3.8, 4) is 0 Å². The van der Waals surface area contributed by atoms with Crippen LogP contribution in [0.3, 0.4) is 0 Å². The zero-order valence-corrected chi connectivity index (χ0v) is 13.7. The van der Waals surface area contributed by atoms with Crippen LogP contribution in [0.2, 0.25) is 0 Å². The van der Waals surface area contributed by atoms with Crippen LogP contribution in [0.5, 0.6) is 0 Å². The molecule has 2 saturated heterocycles. The first-order valence-corrected chi connectivity index (χ1v) is 8.81. The fraction of sp³-hybridized carbons (Fsp3) is 0.556. The standard InChI is InChI=1S/C18H23N3O3/c22-17(12-14-4-3-11-24-14)20-9-7-13(8-10-20)21-16-6-2-1-5-15(16)19-18(21)23/h1-2,5-6,13-14H,3-4,7-12H2,(H,19,23)/t14-/m0/s1. The third-order valence-corrected chi connectivity index (χ3v) is 5.23. The number of piperidine rings is 1. The van der Waals surface area contributed by atoms with E-state index >= 15 is 0 Å². The number of carbonyl (C=O) groups excluding carboxylic acids is 1. The van der Waals surface area contributed by atoms with Gasteiger partial charge in [0.05, 0.1) is 23.6 Å². The first-order chi connectivity index (χ1) is 11.7. The molecule has 2 aliphatic heterocycles. The van der Waals surface area contributed by atoms with Crippen LogP contribution in [-0.2, 0) is 9.53 Å². The third kappa shape index (κ3) is 2.86. The highest BCUT2D eigenvalue weighted by molar-refractivity contribution is 5.77. The van der Waals surface area contributed by atoms with E-state index in [1.165, 1.54) is 0 Å². The molecular weight excluding hydrogens is 306 g/mol. The second-order valence-electron chi connectivity index (χ2n) is 6.77. The summed E-state index contributed by atoms with van der Waals surface area (Å²) in [7, 11) is 0. The molecular formula is C18H23N3O3. The summed E-state index contributed by atoms with van der Waals surface area (Å²) in [6, 6.07) is 7.93. The van der Waals surface area contributed by atoms with Gasteiger partial charge in [-0.1, -0.05) is 12.1 Å². The smallest absolute Gasteiger partial charge is 0.326 e. The Balaban J connectivity index is 1.43. The van der Waals surface area contributed by atoms with E-state index in [1.54, 1.807) is 0 Å². The van der Waals surface area contributed by atoms with Gasteiger partial charge in [-0.15, -0.1) is 0 Å². The summed E-state index contributed by atoms with van der Waals surface area (Å²) in [6.07, 6.45) is 4.29. The van der Waals surface area contributed by atoms with Gasteiger partial charge in [-0.25, -0.2) is 4.79 Å². The van der Waals surface area contributed by atoms with Gasteiger partial charge >= 0.3 is 5.69 Å². The SMILES string of the molecule is O=C(C[C@@H]1CCCO1)N1CCC(n2c(=O)[nH]c3ccccc32)CC1. The molecule has 2 aliphatic rings. The summed E-state index contributed by atoms with van der Waals surface area (Å²) in [4.78, 5) is 29.5. The number of aromatic amines is 1. The highest BCUT2D eigenvalue weighted by atomic mass is 16.5. The maximum atomic E-state index is 12.4. The molecule has 1 aromatic heterocycles. The summed E-state index contributed by atoms with van der Waals surface area (Å²) < 4.78 is 7.42. The van der Waals surface area contributed by atoms with Crippen molar-refractivity contribution in [2.75, 3.05) is 19.7 Å². The number of aromatic nitrogens is 2. The predicted octanol–water partition coefficient (Wildman–Crippen LogP) is 2.06. The van der Waals surface area contributed by atoms with Crippen LogP contribution >= 0.6 is 0 Å². The summed E-state index contributed by atoms with van der Waals surface area (Å²) >= 11 is 0. The monoisotopic (exact) mass is 329 g/mol. The lowest BCUT2D eigenvalue weighted by Gasteiger charge is -2.33. The van der Waals surface area contributed by atoms with Crippen molar-refractivity contribution in [2.24, 2.45) is 0 Å². The molecule has 2 fully saturated rings. The van der Waals surface area contributed by atoms with Gasteiger partial charge in [0.1, 0.15) is 0 Å². The number of nitrogens with zero attached hydrogens (tertiary/aromatic N) is 2. The number of para-hydroxylation sites is 2. The highest BCUT2D eigenvalue weighted by Gasteiger charge is 2.28. The number of benzene rings is 1. The molecule has 4 rings (SSSR count). The number of hydrogen-bond donors (Lipinski definition) is 1. The van der Waals surface area contributed by atoms with Crippen LogP contribution in [0.1, 0.15) is 38.1 Å². The Morgan fingerprint density at radius 2 is 2.00 bits per heavy atom. The molecule has 6 heteroatoms. The molecule has 0 aliphatic carbocycles. The average Bonchev–Trinajstić information content (AvgIpc) is 3.21. The van der Waals surface area contributed by atoms with E-state index in [4.69, 9.17) is 4.74 Å². The zero-order chi connectivity index (χ0) is 16.5. The maximum Gasteiger partial charge on any atom is 0.326 e. The van der Waals surface area contributed by atoms with Gasteiger partial charge in [0.15, 0.2) is 0 Å². The largest absolute Gasteiger partial charge is 0.378 e. The van der Waals surface area contributed by atoms with E-state index < -0.39 is 0 Å².